The van der Waals surface area contributed by atoms with E-state index >= 15 is 0 Å². The van der Waals surface area contributed by atoms with Crippen LogP contribution in [0, 0.1) is 0 Å². The smallest absolute Gasteiger partial charge is 0.337 e. The van der Waals surface area contributed by atoms with Crippen LogP contribution in [-0.2, 0) is 11.2 Å². The van der Waals surface area contributed by atoms with E-state index in [1.54, 1.807) is 25.3 Å². The predicted octanol–water partition coefficient (Wildman–Crippen LogP) is 5.15. The monoisotopic (exact) mass is 480 g/mol. The zero-order valence-electron chi connectivity index (χ0n) is 21.6. The molecule has 0 unspecified atom stereocenters. The van der Waals surface area contributed by atoms with Crippen LogP contribution >= 0.6 is 0 Å². The molecule has 0 spiro atoms. The van der Waals surface area contributed by atoms with Crippen LogP contribution in [0.15, 0.2) is 71.8 Å². The molecule has 0 fully saturated rings. The molecule has 2 aromatic carbocycles. The van der Waals surface area contributed by atoms with Crippen molar-refractivity contribution in [1.29, 1.82) is 0 Å². The van der Waals surface area contributed by atoms with Crippen molar-refractivity contribution in [3.8, 4) is 5.75 Å². The summed E-state index contributed by atoms with van der Waals surface area (Å²) in [5.74, 6) is 0.166. The Morgan fingerprint density at radius 3 is 2.46 bits per heavy atom. The highest BCUT2D eigenvalue weighted by molar-refractivity contribution is 5.91. The Morgan fingerprint density at radius 2 is 1.80 bits per heavy atom. The SMILES string of the molecule is COC(=O)c1ccc(OC)c(NC[C@H](O)[C@@H](Cc2ccccc2)NC/C=C(\C)CCC=C(C)C)c1. The second-order valence-electron chi connectivity index (χ2n) is 8.93. The molecule has 2 aromatic rings. The molecule has 0 bridgehead atoms. The fraction of sp³-hybridized carbons (Fsp3) is 0.414. The van der Waals surface area contributed by atoms with Gasteiger partial charge in [0.05, 0.1) is 31.6 Å². The number of allylic oxidation sites excluding steroid dienone is 3. The molecule has 0 amide bonds. The number of carbonyl (C=O) groups is 1. The standard InChI is InChI=1S/C29H40N2O4/c1-21(2)10-9-11-22(3)16-17-30-25(18-23-12-7-6-8-13-23)27(32)20-31-26-19-24(29(33)35-5)14-15-28(26)34-4/h6-8,10,12-16,19,25,27,30-32H,9,11,17-18,20H2,1-5H3/b22-16+/t25-,27+/m1/s1. The molecule has 2 atom stereocenters. The number of hydrogen-bond acceptors (Lipinski definition) is 6. The van der Waals surface area contributed by atoms with Crippen molar-refractivity contribution in [2.75, 3.05) is 32.6 Å². The van der Waals surface area contributed by atoms with Gasteiger partial charge in [-0.25, -0.2) is 4.79 Å². The molecule has 35 heavy (non-hydrogen) atoms. The number of methoxy groups -OCH3 is 2. The molecule has 0 saturated heterocycles. The van der Waals surface area contributed by atoms with E-state index in [0.717, 1.165) is 18.4 Å². The number of aliphatic hydroxyl groups excluding tert-OH is 1. The second kappa shape index (κ2) is 15.0. The average molecular weight is 481 g/mol. The van der Waals surface area contributed by atoms with Crippen LogP contribution in [0.1, 0.15) is 49.5 Å². The first-order valence-corrected chi connectivity index (χ1v) is 12.1. The first-order chi connectivity index (χ1) is 16.8. The van der Waals surface area contributed by atoms with Crippen molar-refractivity contribution >= 4 is 11.7 Å². The highest BCUT2D eigenvalue weighted by Crippen LogP contribution is 2.26. The predicted molar refractivity (Wildman–Crippen MR) is 143 cm³/mol. The van der Waals surface area contributed by atoms with Crippen molar-refractivity contribution < 1.29 is 19.4 Å². The second-order valence-corrected chi connectivity index (χ2v) is 8.93. The summed E-state index contributed by atoms with van der Waals surface area (Å²) in [6, 6.07) is 15.0. The minimum Gasteiger partial charge on any atom is -0.495 e. The van der Waals surface area contributed by atoms with Crippen LogP contribution < -0.4 is 15.4 Å². The molecule has 0 aliphatic heterocycles. The summed E-state index contributed by atoms with van der Waals surface area (Å²) in [5.41, 5.74) is 4.85. The Labute approximate surface area is 210 Å². The van der Waals surface area contributed by atoms with Gasteiger partial charge in [-0.3, -0.25) is 0 Å². The summed E-state index contributed by atoms with van der Waals surface area (Å²) >= 11 is 0. The van der Waals surface area contributed by atoms with E-state index in [0.29, 0.717) is 30.0 Å². The van der Waals surface area contributed by atoms with Crippen LogP contribution in [0.4, 0.5) is 5.69 Å². The van der Waals surface area contributed by atoms with E-state index in [1.807, 2.05) is 18.2 Å². The number of carbonyl (C=O) groups excluding carboxylic acids is 1. The van der Waals surface area contributed by atoms with Crippen molar-refractivity contribution in [2.24, 2.45) is 0 Å². The summed E-state index contributed by atoms with van der Waals surface area (Å²) in [4.78, 5) is 11.9. The Bertz CT molecular complexity index is 981. The zero-order valence-corrected chi connectivity index (χ0v) is 21.6. The Morgan fingerprint density at radius 1 is 1.06 bits per heavy atom. The van der Waals surface area contributed by atoms with Crippen molar-refractivity contribution in [1.82, 2.24) is 5.32 Å². The summed E-state index contributed by atoms with van der Waals surface area (Å²) in [5, 5.41) is 17.9. The van der Waals surface area contributed by atoms with Gasteiger partial charge in [0.15, 0.2) is 0 Å². The molecule has 6 nitrogen and oxygen atoms in total. The summed E-state index contributed by atoms with van der Waals surface area (Å²) in [6.45, 7) is 7.34. The van der Waals surface area contributed by atoms with Crippen LogP contribution in [-0.4, -0.2) is 50.5 Å². The minimum absolute atomic E-state index is 0.165. The zero-order chi connectivity index (χ0) is 25.6. The Hall–Kier alpha value is -3.09. The minimum atomic E-state index is -0.680. The fourth-order valence-corrected chi connectivity index (χ4v) is 3.74. The van der Waals surface area contributed by atoms with Gasteiger partial charge in [0.1, 0.15) is 5.75 Å². The Kier molecular flexibility index (Phi) is 12.1. The number of aliphatic hydroxyl groups is 1. The first-order valence-electron chi connectivity index (χ1n) is 12.1. The van der Waals surface area contributed by atoms with Gasteiger partial charge in [-0.05, 0) is 63.8 Å². The maximum absolute atomic E-state index is 11.9. The number of esters is 1. The molecule has 3 N–H and O–H groups in total. The molecule has 0 heterocycles. The van der Waals surface area contributed by atoms with E-state index in [-0.39, 0.29) is 12.6 Å². The van der Waals surface area contributed by atoms with Gasteiger partial charge in [-0.15, -0.1) is 0 Å². The van der Waals surface area contributed by atoms with Crippen LogP contribution in [0.5, 0.6) is 5.75 Å². The fourth-order valence-electron chi connectivity index (χ4n) is 3.74. The van der Waals surface area contributed by atoms with Gasteiger partial charge >= 0.3 is 5.97 Å². The summed E-state index contributed by atoms with van der Waals surface area (Å²) < 4.78 is 10.2. The number of benzene rings is 2. The maximum atomic E-state index is 11.9. The van der Waals surface area contributed by atoms with E-state index < -0.39 is 12.1 Å². The maximum Gasteiger partial charge on any atom is 0.337 e. The molecule has 0 aromatic heterocycles. The molecular formula is C29H40N2O4. The third kappa shape index (κ3) is 9.97. The molecule has 0 radical (unpaired) electrons. The molecule has 0 aliphatic carbocycles. The first kappa shape index (κ1) is 28.1. The van der Waals surface area contributed by atoms with Crippen LogP contribution in [0.25, 0.3) is 0 Å². The van der Waals surface area contributed by atoms with Gasteiger partial charge in [0, 0.05) is 19.1 Å². The summed E-state index contributed by atoms with van der Waals surface area (Å²) in [6.07, 6.45) is 6.52. The third-order valence-electron chi connectivity index (χ3n) is 5.81. The lowest BCUT2D eigenvalue weighted by Crippen LogP contribution is -2.45. The molecule has 2 rings (SSSR count). The third-order valence-corrected chi connectivity index (χ3v) is 5.81. The Balaban J connectivity index is 2.07. The lowest BCUT2D eigenvalue weighted by atomic mass is 10.0. The van der Waals surface area contributed by atoms with Gasteiger partial charge in [0.2, 0.25) is 0 Å². The molecular weight excluding hydrogens is 440 g/mol. The molecule has 190 valence electrons. The van der Waals surface area contributed by atoms with Gasteiger partial charge in [-0.1, -0.05) is 53.6 Å². The molecule has 0 saturated carbocycles. The van der Waals surface area contributed by atoms with Crippen molar-refractivity contribution in [2.45, 2.75) is 52.2 Å². The number of anilines is 1. The van der Waals surface area contributed by atoms with E-state index in [1.165, 1.54) is 18.3 Å². The van der Waals surface area contributed by atoms with Crippen LogP contribution in [0.3, 0.4) is 0 Å². The number of hydrogen-bond donors (Lipinski definition) is 3. The average Bonchev–Trinajstić information content (AvgIpc) is 2.86. The van der Waals surface area contributed by atoms with E-state index in [9.17, 15) is 9.90 Å². The van der Waals surface area contributed by atoms with Crippen molar-refractivity contribution in [3.05, 3.63) is 83.0 Å². The topological polar surface area (TPSA) is 79.8 Å². The highest BCUT2D eigenvalue weighted by atomic mass is 16.5. The van der Waals surface area contributed by atoms with Crippen molar-refractivity contribution in [3.63, 3.8) is 0 Å². The summed E-state index contributed by atoms with van der Waals surface area (Å²) in [7, 11) is 2.92. The van der Waals surface area contributed by atoms with Gasteiger partial charge in [0.25, 0.3) is 0 Å². The number of ether oxygens (including phenoxy) is 2. The van der Waals surface area contributed by atoms with Gasteiger partial charge in [-0.2, -0.15) is 0 Å². The largest absolute Gasteiger partial charge is 0.495 e. The quantitative estimate of drug-likeness (QED) is 0.256. The normalized spacial score (nSPS) is 13.0. The van der Waals surface area contributed by atoms with E-state index in [4.69, 9.17) is 9.47 Å². The lowest BCUT2D eigenvalue weighted by Gasteiger charge is -2.25. The lowest BCUT2D eigenvalue weighted by molar-refractivity contribution is 0.0600. The van der Waals surface area contributed by atoms with Gasteiger partial charge < -0.3 is 25.2 Å². The number of nitrogens with one attached hydrogen (secondary N) is 2. The molecule has 6 heteroatoms. The van der Waals surface area contributed by atoms with Crippen LogP contribution in [0.2, 0.25) is 0 Å². The number of rotatable bonds is 14. The molecule has 0 aliphatic rings. The van der Waals surface area contributed by atoms with E-state index in [2.05, 4.69) is 55.7 Å². The highest BCUT2D eigenvalue weighted by Gasteiger charge is 2.20.